The number of aliphatic hydroxyl groups excluding tert-OH is 1. The van der Waals surface area contributed by atoms with Crippen LogP contribution in [0.2, 0.25) is 0 Å². The summed E-state index contributed by atoms with van der Waals surface area (Å²) >= 11 is 1.10. The molecule has 2 heterocycles. The molecule has 0 aliphatic carbocycles. The molecule has 2 aliphatic rings. The van der Waals surface area contributed by atoms with Gasteiger partial charge in [-0.25, -0.2) is 9.79 Å². The number of carbonyl (C=O) groups excluding carboxylic acids is 2. The van der Waals surface area contributed by atoms with Gasteiger partial charge in [0.15, 0.2) is 0 Å². The summed E-state index contributed by atoms with van der Waals surface area (Å²) in [5, 5.41) is 10.8. The molecule has 0 atom stereocenters. The lowest BCUT2D eigenvalue weighted by atomic mass is 10.1. The number of aliphatic hydroxyl groups is 1. The van der Waals surface area contributed by atoms with Crippen LogP contribution in [-0.4, -0.2) is 41.7 Å². The van der Waals surface area contributed by atoms with E-state index in [2.05, 4.69) is 22.0 Å². The van der Waals surface area contributed by atoms with Crippen LogP contribution >= 0.6 is 11.8 Å². The Bertz CT molecular complexity index is 850. The summed E-state index contributed by atoms with van der Waals surface area (Å²) < 4.78 is 5.02. The summed E-state index contributed by atoms with van der Waals surface area (Å²) in [4.78, 5) is 30.8. The zero-order valence-electron chi connectivity index (χ0n) is 16.1. The molecular weight excluding hydrogens is 376 g/mol. The van der Waals surface area contributed by atoms with Crippen LogP contribution < -0.4 is 4.90 Å². The third-order valence-electron chi connectivity index (χ3n) is 4.56. The Balaban J connectivity index is 1.89. The summed E-state index contributed by atoms with van der Waals surface area (Å²) in [6.07, 6.45) is 4.44. The predicted molar refractivity (Wildman–Crippen MR) is 112 cm³/mol. The van der Waals surface area contributed by atoms with Crippen molar-refractivity contribution in [2.75, 3.05) is 24.6 Å². The Hall–Kier alpha value is -2.54. The molecule has 0 saturated carbocycles. The number of ether oxygens (including phenoxy) is 1. The number of thioether (sulfide) groups is 1. The molecule has 1 N–H and O–H groups in total. The summed E-state index contributed by atoms with van der Waals surface area (Å²) in [6, 6.07) is 8.07. The van der Waals surface area contributed by atoms with Crippen LogP contribution in [0.1, 0.15) is 38.7 Å². The van der Waals surface area contributed by atoms with Crippen LogP contribution in [-0.2, 0) is 14.3 Å². The van der Waals surface area contributed by atoms with Crippen LogP contribution in [0.15, 0.2) is 45.5 Å². The van der Waals surface area contributed by atoms with E-state index in [1.54, 1.807) is 19.9 Å². The highest BCUT2D eigenvalue weighted by atomic mass is 32.2. The molecule has 1 fully saturated rings. The lowest BCUT2D eigenvalue weighted by Gasteiger charge is -2.17. The second kappa shape index (κ2) is 9.10. The monoisotopic (exact) mass is 400 g/mol. The molecule has 28 heavy (non-hydrogen) atoms. The van der Waals surface area contributed by atoms with Gasteiger partial charge in [-0.05, 0) is 43.5 Å². The number of carbonyl (C=O) groups is 2. The van der Waals surface area contributed by atoms with E-state index in [0.717, 1.165) is 30.4 Å². The van der Waals surface area contributed by atoms with Crippen molar-refractivity contribution in [1.82, 2.24) is 0 Å². The minimum absolute atomic E-state index is 0.0476. The average molecular weight is 401 g/mol. The maximum atomic E-state index is 12.2. The highest BCUT2D eigenvalue weighted by Crippen LogP contribution is 2.39. The van der Waals surface area contributed by atoms with Crippen molar-refractivity contribution in [3.8, 4) is 0 Å². The van der Waals surface area contributed by atoms with Gasteiger partial charge in [0.1, 0.15) is 16.4 Å². The Morgan fingerprint density at radius 2 is 1.89 bits per heavy atom. The van der Waals surface area contributed by atoms with Gasteiger partial charge in [-0.1, -0.05) is 30.8 Å². The molecule has 1 aromatic carbocycles. The number of nitrogens with zero attached hydrogens (tertiary/aromatic N) is 2. The number of aliphatic imine (C=N–C) groups is 1. The smallest absolute Gasteiger partial charge is 0.344 e. The topological polar surface area (TPSA) is 79.2 Å². The summed E-state index contributed by atoms with van der Waals surface area (Å²) in [5.41, 5.74) is 2.03. The van der Waals surface area contributed by atoms with Crippen LogP contribution in [0.3, 0.4) is 0 Å². The fourth-order valence-electron chi connectivity index (χ4n) is 3.09. The van der Waals surface area contributed by atoms with Gasteiger partial charge >= 0.3 is 5.97 Å². The molecule has 3 rings (SSSR count). The summed E-state index contributed by atoms with van der Waals surface area (Å²) in [6.45, 7) is 5.71. The van der Waals surface area contributed by atoms with Crippen molar-refractivity contribution < 1.29 is 19.4 Å². The first kappa shape index (κ1) is 20.2. The molecule has 0 bridgehead atoms. The standard InChI is InChI=1S/C21H24N2O4S/c1-3-17(24)22-20-18(21(26)27-4-2)19(25)16(28-20)13-14-7-9-15(10-8-14)23-11-5-6-12-23/h7-10,13,25H,3-6,11-12H2,1-2H3/b16-13-,22-20?. The minimum atomic E-state index is -0.678. The van der Waals surface area contributed by atoms with E-state index in [0.29, 0.717) is 4.91 Å². The number of anilines is 1. The van der Waals surface area contributed by atoms with Crippen molar-refractivity contribution in [1.29, 1.82) is 0 Å². The molecule has 2 aliphatic heterocycles. The van der Waals surface area contributed by atoms with Gasteiger partial charge in [-0.2, -0.15) is 0 Å². The van der Waals surface area contributed by atoms with Crippen molar-refractivity contribution in [3.05, 3.63) is 46.1 Å². The first-order chi connectivity index (χ1) is 13.5. The van der Waals surface area contributed by atoms with Crippen molar-refractivity contribution in [2.24, 2.45) is 4.99 Å². The second-order valence-electron chi connectivity index (χ2n) is 6.50. The number of esters is 1. The molecule has 0 radical (unpaired) electrons. The lowest BCUT2D eigenvalue weighted by molar-refractivity contribution is -0.138. The fourth-order valence-corrected chi connectivity index (χ4v) is 4.12. The average Bonchev–Trinajstić information content (AvgIpc) is 3.32. The van der Waals surface area contributed by atoms with Gasteiger partial charge in [0.2, 0.25) is 5.91 Å². The van der Waals surface area contributed by atoms with E-state index in [4.69, 9.17) is 4.74 Å². The van der Waals surface area contributed by atoms with E-state index in [1.807, 2.05) is 12.1 Å². The van der Waals surface area contributed by atoms with Gasteiger partial charge < -0.3 is 14.7 Å². The Kier molecular flexibility index (Phi) is 6.57. The molecule has 0 unspecified atom stereocenters. The van der Waals surface area contributed by atoms with E-state index in [9.17, 15) is 14.7 Å². The number of rotatable bonds is 5. The van der Waals surface area contributed by atoms with Crippen molar-refractivity contribution >= 4 is 40.4 Å². The molecule has 1 aromatic rings. The molecule has 1 saturated heterocycles. The van der Waals surface area contributed by atoms with E-state index in [1.165, 1.54) is 18.5 Å². The number of benzene rings is 1. The SMILES string of the molecule is CCOC(=O)C1=C(O)/C(=C/c2ccc(N3CCCC3)cc2)SC1=NC(=O)CC. The van der Waals surface area contributed by atoms with Gasteiger partial charge in [0, 0.05) is 25.2 Å². The lowest BCUT2D eigenvalue weighted by Crippen LogP contribution is -2.17. The molecule has 0 spiro atoms. The fraction of sp³-hybridized carbons (Fsp3) is 0.381. The van der Waals surface area contributed by atoms with Crippen LogP contribution in [0.4, 0.5) is 5.69 Å². The van der Waals surface area contributed by atoms with E-state index < -0.39 is 5.97 Å². The molecule has 148 valence electrons. The molecule has 0 aromatic heterocycles. The first-order valence-corrected chi connectivity index (χ1v) is 10.3. The number of amides is 1. The zero-order chi connectivity index (χ0) is 20.1. The Labute approximate surface area is 169 Å². The first-order valence-electron chi connectivity index (χ1n) is 9.50. The minimum Gasteiger partial charge on any atom is -0.506 e. The summed E-state index contributed by atoms with van der Waals surface area (Å²) in [5.74, 6) is -1.23. The third-order valence-corrected chi connectivity index (χ3v) is 5.58. The van der Waals surface area contributed by atoms with Gasteiger partial charge in [-0.3, -0.25) is 4.79 Å². The highest BCUT2D eigenvalue weighted by molar-refractivity contribution is 8.18. The van der Waals surface area contributed by atoms with Crippen molar-refractivity contribution in [2.45, 2.75) is 33.1 Å². The molecule has 1 amide bonds. The number of hydrogen-bond acceptors (Lipinski definition) is 6. The van der Waals surface area contributed by atoms with E-state index in [-0.39, 0.29) is 35.3 Å². The largest absolute Gasteiger partial charge is 0.506 e. The molecular formula is C21H24N2O4S. The predicted octanol–water partition coefficient (Wildman–Crippen LogP) is 4.08. The van der Waals surface area contributed by atoms with Crippen LogP contribution in [0.25, 0.3) is 6.08 Å². The highest BCUT2D eigenvalue weighted by Gasteiger charge is 2.33. The molecule has 6 nitrogen and oxygen atoms in total. The number of hydrogen-bond donors (Lipinski definition) is 1. The van der Waals surface area contributed by atoms with E-state index >= 15 is 0 Å². The maximum Gasteiger partial charge on any atom is 0.344 e. The summed E-state index contributed by atoms with van der Waals surface area (Å²) in [7, 11) is 0. The second-order valence-corrected chi connectivity index (χ2v) is 7.54. The van der Waals surface area contributed by atoms with Gasteiger partial charge in [0.05, 0.1) is 11.5 Å². The Morgan fingerprint density at radius 1 is 1.21 bits per heavy atom. The van der Waals surface area contributed by atoms with Gasteiger partial charge in [-0.15, -0.1) is 0 Å². The Morgan fingerprint density at radius 3 is 2.50 bits per heavy atom. The maximum absolute atomic E-state index is 12.2. The molecule has 7 heteroatoms. The van der Waals surface area contributed by atoms with Crippen LogP contribution in [0, 0.1) is 0 Å². The zero-order valence-corrected chi connectivity index (χ0v) is 16.9. The van der Waals surface area contributed by atoms with Crippen molar-refractivity contribution in [3.63, 3.8) is 0 Å². The normalized spacial score (nSPS) is 19.7. The van der Waals surface area contributed by atoms with Gasteiger partial charge in [0.25, 0.3) is 0 Å². The third kappa shape index (κ3) is 4.47. The quantitative estimate of drug-likeness (QED) is 0.750. The van der Waals surface area contributed by atoms with Crippen LogP contribution in [0.5, 0.6) is 0 Å².